The van der Waals surface area contributed by atoms with Gasteiger partial charge >= 0.3 is 0 Å². The Balaban J connectivity index is 1.51. The van der Waals surface area contributed by atoms with E-state index >= 15 is 0 Å². The zero-order valence-corrected chi connectivity index (χ0v) is 22.6. The van der Waals surface area contributed by atoms with Crippen molar-refractivity contribution in [2.75, 3.05) is 39.2 Å². The number of halogens is 1. The van der Waals surface area contributed by atoms with Crippen molar-refractivity contribution in [3.8, 4) is 32.6 Å². The number of anilines is 1. The SMILES string of the molecule is COc1cc(-c2nn3c(c2C(N)=O)NCCC3C2CCN(C(=O)C#CI)CC2)cc(OC)c1C1CC1. The Morgan fingerprint density at radius 1 is 1.11 bits per heavy atom. The zero-order valence-electron chi connectivity index (χ0n) is 20.5. The summed E-state index contributed by atoms with van der Waals surface area (Å²) in [4.78, 5) is 26.7. The van der Waals surface area contributed by atoms with Gasteiger partial charge in [0.25, 0.3) is 11.8 Å². The van der Waals surface area contributed by atoms with Gasteiger partial charge in [-0.25, -0.2) is 4.68 Å². The second-order valence-electron chi connectivity index (χ2n) is 9.58. The first-order valence-corrected chi connectivity index (χ1v) is 13.4. The average Bonchev–Trinajstić information content (AvgIpc) is 3.65. The molecule has 1 aromatic carbocycles. The number of primary amides is 1. The molecule has 1 atom stereocenters. The zero-order chi connectivity index (χ0) is 25.4. The number of likely N-dealkylation sites (tertiary alicyclic amines) is 1. The Morgan fingerprint density at radius 3 is 2.33 bits per heavy atom. The molecule has 5 rings (SSSR count). The number of carbonyl (C=O) groups is 2. The first-order valence-electron chi connectivity index (χ1n) is 12.3. The Bertz CT molecular complexity index is 1230. The molecule has 0 bridgehead atoms. The lowest BCUT2D eigenvalue weighted by atomic mass is 9.87. The Morgan fingerprint density at radius 2 is 1.78 bits per heavy atom. The van der Waals surface area contributed by atoms with Crippen molar-refractivity contribution in [1.82, 2.24) is 14.7 Å². The highest BCUT2D eigenvalue weighted by molar-refractivity contribution is 14.1. The van der Waals surface area contributed by atoms with Gasteiger partial charge < -0.3 is 25.4 Å². The first-order chi connectivity index (χ1) is 17.5. The van der Waals surface area contributed by atoms with Crippen LogP contribution in [-0.4, -0.2) is 60.3 Å². The molecule has 3 aliphatic rings. The van der Waals surface area contributed by atoms with Crippen molar-refractivity contribution in [3.05, 3.63) is 23.3 Å². The third-order valence-corrected chi connectivity index (χ3v) is 7.80. The number of nitrogens with zero attached hydrogens (tertiary/aromatic N) is 3. The number of piperidine rings is 1. The summed E-state index contributed by atoms with van der Waals surface area (Å²) in [6.07, 6.45) is 4.82. The molecule has 0 spiro atoms. The predicted octanol–water partition coefficient (Wildman–Crippen LogP) is 3.53. The molecular weight excluding hydrogens is 573 g/mol. The number of rotatable bonds is 6. The summed E-state index contributed by atoms with van der Waals surface area (Å²) in [5.41, 5.74) is 8.62. The van der Waals surface area contributed by atoms with Gasteiger partial charge in [-0.1, -0.05) is 0 Å². The molecule has 36 heavy (non-hydrogen) atoms. The van der Waals surface area contributed by atoms with E-state index in [1.165, 1.54) is 0 Å². The number of hydrogen-bond acceptors (Lipinski definition) is 6. The van der Waals surface area contributed by atoms with Crippen LogP contribution in [-0.2, 0) is 4.79 Å². The number of fused-ring (bicyclic) bond motifs is 1. The van der Waals surface area contributed by atoms with E-state index < -0.39 is 5.91 Å². The minimum atomic E-state index is -0.526. The maximum Gasteiger partial charge on any atom is 0.299 e. The number of nitrogens with two attached hydrogens (primary N) is 1. The molecule has 2 aromatic rings. The van der Waals surface area contributed by atoms with Gasteiger partial charge in [-0.3, -0.25) is 9.59 Å². The second-order valence-corrected chi connectivity index (χ2v) is 10.1. The normalized spacial score (nSPS) is 19.5. The molecule has 0 radical (unpaired) electrons. The number of methoxy groups -OCH3 is 2. The number of benzene rings is 1. The summed E-state index contributed by atoms with van der Waals surface area (Å²) >= 11 is 1.89. The maximum atomic E-state index is 12.7. The van der Waals surface area contributed by atoms with Crippen molar-refractivity contribution >= 4 is 40.2 Å². The van der Waals surface area contributed by atoms with Crippen molar-refractivity contribution < 1.29 is 19.1 Å². The highest BCUT2D eigenvalue weighted by atomic mass is 127. The van der Waals surface area contributed by atoms with Crippen LogP contribution < -0.4 is 20.5 Å². The van der Waals surface area contributed by atoms with E-state index in [0.717, 1.165) is 61.3 Å². The fourth-order valence-corrected chi connectivity index (χ4v) is 5.86. The standard InChI is InChI=1S/C26H30IN5O4/c1-35-19-13-17(14-20(36-2)22(19)16-3-4-16)24-23(25(28)34)26-29-10-6-18(32(26)30-24)15-7-11-31(12-8-15)21(33)5-9-27/h13-16,18,29H,3-4,6-8,10-12H2,1-2H3,(H2,28,34). The summed E-state index contributed by atoms with van der Waals surface area (Å²) in [6.45, 7) is 2.06. The lowest BCUT2D eigenvalue weighted by Gasteiger charge is -2.37. The van der Waals surface area contributed by atoms with Crippen LogP contribution in [0.3, 0.4) is 0 Å². The van der Waals surface area contributed by atoms with E-state index in [2.05, 4.69) is 15.2 Å². The molecule has 9 nitrogen and oxygen atoms in total. The van der Waals surface area contributed by atoms with E-state index in [1.54, 1.807) is 14.2 Å². The number of hydrogen-bond donors (Lipinski definition) is 2. The van der Waals surface area contributed by atoms with Crippen LogP contribution in [0.15, 0.2) is 12.1 Å². The van der Waals surface area contributed by atoms with E-state index in [4.69, 9.17) is 20.3 Å². The maximum absolute atomic E-state index is 12.7. The minimum absolute atomic E-state index is 0.107. The fraction of sp³-hybridized carbons (Fsp3) is 0.500. The average molecular weight is 603 g/mol. The molecule has 1 saturated heterocycles. The van der Waals surface area contributed by atoms with Gasteiger partial charge in [0, 0.05) is 59.3 Å². The molecule has 1 aromatic heterocycles. The van der Waals surface area contributed by atoms with Crippen molar-refractivity contribution in [2.24, 2.45) is 11.7 Å². The molecule has 2 aliphatic heterocycles. The third-order valence-electron chi connectivity index (χ3n) is 7.53. The molecular formula is C26H30IN5O4. The second kappa shape index (κ2) is 10.2. The predicted molar refractivity (Wildman–Crippen MR) is 145 cm³/mol. The highest BCUT2D eigenvalue weighted by Gasteiger charge is 2.37. The van der Waals surface area contributed by atoms with E-state index in [1.807, 2.05) is 44.3 Å². The lowest BCUT2D eigenvalue weighted by Crippen LogP contribution is -2.41. The number of aromatic nitrogens is 2. The summed E-state index contributed by atoms with van der Waals surface area (Å²) in [5.74, 6) is 4.88. The molecule has 3 heterocycles. The van der Waals surface area contributed by atoms with E-state index in [9.17, 15) is 9.59 Å². The number of amides is 2. The fourth-order valence-electron chi connectivity index (χ4n) is 5.63. The first kappa shape index (κ1) is 24.7. The van der Waals surface area contributed by atoms with Crippen LogP contribution in [0.2, 0.25) is 0 Å². The van der Waals surface area contributed by atoms with Crippen molar-refractivity contribution in [3.63, 3.8) is 0 Å². The summed E-state index contributed by atoms with van der Waals surface area (Å²) in [6, 6.07) is 3.98. The van der Waals surface area contributed by atoms with E-state index in [-0.39, 0.29) is 11.9 Å². The number of nitrogens with one attached hydrogen (secondary N) is 1. The highest BCUT2D eigenvalue weighted by Crippen LogP contribution is 2.50. The van der Waals surface area contributed by atoms with Gasteiger partial charge in [0.05, 0.1) is 20.3 Å². The van der Waals surface area contributed by atoms with Gasteiger partial charge in [-0.15, -0.1) is 0 Å². The smallest absolute Gasteiger partial charge is 0.299 e. The Kier molecular flexibility index (Phi) is 7.01. The topological polar surface area (TPSA) is 112 Å². The van der Waals surface area contributed by atoms with Crippen LogP contribution in [0.25, 0.3) is 11.3 Å². The molecule has 1 unspecified atom stereocenters. The van der Waals surface area contributed by atoms with Crippen LogP contribution in [0.1, 0.15) is 60.0 Å². The van der Waals surface area contributed by atoms with E-state index in [0.29, 0.717) is 42.0 Å². The van der Waals surface area contributed by atoms with Crippen LogP contribution in [0.4, 0.5) is 5.82 Å². The van der Waals surface area contributed by atoms with Crippen molar-refractivity contribution in [2.45, 2.75) is 44.1 Å². The van der Waals surface area contributed by atoms with Gasteiger partial charge in [0.2, 0.25) is 0 Å². The third kappa shape index (κ3) is 4.49. The van der Waals surface area contributed by atoms with Crippen LogP contribution in [0, 0.1) is 15.8 Å². The number of ether oxygens (including phenoxy) is 2. The molecule has 3 N–H and O–H groups in total. The molecule has 1 saturated carbocycles. The summed E-state index contributed by atoms with van der Waals surface area (Å²) in [7, 11) is 3.30. The molecule has 10 heteroatoms. The summed E-state index contributed by atoms with van der Waals surface area (Å²) in [5, 5.41) is 8.33. The Hall–Kier alpha value is -2.94. The molecule has 2 amide bonds. The van der Waals surface area contributed by atoms with Gasteiger partial charge in [-0.05, 0) is 60.0 Å². The lowest BCUT2D eigenvalue weighted by molar-refractivity contribution is -0.126. The molecule has 1 aliphatic carbocycles. The molecule has 2 fully saturated rings. The van der Waals surface area contributed by atoms with Crippen LogP contribution in [0.5, 0.6) is 11.5 Å². The van der Waals surface area contributed by atoms with Gasteiger partial charge in [0.1, 0.15) is 28.6 Å². The van der Waals surface area contributed by atoms with Crippen molar-refractivity contribution in [1.29, 1.82) is 0 Å². The van der Waals surface area contributed by atoms with Gasteiger partial charge in [-0.2, -0.15) is 5.10 Å². The minimum Gasteiger partial charge on any atom is -0.496 e. The Labute approximate surface area is 224 Å². The van der Waals surface area contributed by atoms with Crippen LogP contribution >= 0.6 is 22.6 Å². The van der Waals surface area contributed by atoms with Gasteiger partial charge in [0.15, 0.2) is 0 Å². The molecule has 190 valence electrons. The number of carbonyl (C=O) groups excluding carboxylic acids is 2. The quantitative estimate of drug-likeness (QED) is 0.386. The largest absolute Gasteiger partial charge is 0.496 e. The monoisotopic (exact) mass is 603 g/mol. The summed E-state index contributed by atoms with van der Waals surface area (Å²) < 4.78 is 16.1.